The third-order valence-electron chi connectivity index (χ3n) is 3.39. The molecule has 0 bridgehead atoms. The molecule has 0 amide bonds. The average molecular weight is 222 g/mol. The van der Waals surface area contributed by atoms with E-state index in [1.165, 1.54) is 5.57 Å². The first-order valence-electron chi connectivity index (χ1n) is 6.10. The van der Waals surface area contributed by atoms with E-state index in [0.717, 1.165) is 25.2 Å². The Labute approximate surface area is 97.9 Å². The maximum atomic E-state index is 5.87. The van der Waals surface area contributed by atoms with E-state index in [1.54, 1.807) is 0 Å². The molecule has 1 aliphatic carbocycles. The van der Waals surface area contributed by atoms with Crippen LogP contribution < -0.4 is 5.73 Å². The number of morpholine rings is 1. The van der Waals surface area contributed by atoms with E-state index < -0.39 is 0 Å². The van der Waals surface area contributed by atoms with Gasteiger partial charge < -0.3 is 10.5 Å². The van der Waals surface area contributed by atoms with Crippen LogP contribution in [0, 0.1) is 0 Å². The second-order valence-electron chi connectivity index (χ2n) is 5.02. The van der Waals surface area contributed by atoms with Crippen molar-refractivity contribution in [3.05, 3.63) is 23.4 Å². The Morgan fingerprint density at radius 3 is 2.50 bits per heavy atom. The molecular weight excluding hydrogens is 200 g/mol. The number of hydrogen-bond donors (Lipinski definition) is 1. The number of allylic oxidation sites excluding steroid dienone is 1. The molecule has 2 N–H and O–H groups in total. The second-order valence-corrected chi connectivity index (χ2v) is 5.02. The summed E-state index contributed by atoms with van der Waals surface area (Å²) in [6.07, 6.45) is 6.13. The normalized spacial score (nSPS) is 36.8. The van der Waals surface area contributed by atoms with Crippen molar-refractivity contribution >= 4 is 0 Å². The van der Waals surface area contributed by atoms with Crippen molar-refractivity contribution in [3.63, 3.8) is 0 Å². The maximum Gasteiger partial charge on any atom is 0.0678 e. The van der Waals surface area contributed by atoms with Crippen molar-refractivity contribution in [2.45, 2.75) is 45.4 Å². The Hall–Kier alpha value is -0.800. The highest BCUT2D eigenvalue weighted by Crippen LogP contribution is 2.22. The van der Waals surface area contributed by atoms with Crippen LogP contribution in [0.1, 0.15) is 27.2 Å². The quantitative estimate of drug-likeness (QED) is 0.733. The predicted molar refractivity (Wildman–Crippen MR) is 66.0 cm³/mol. The van der Waals surface area contributed by atoms with E-state index >= 15 is 0 Å². The maximum absolute atomic E-state index is 5.87. The van der Waals surface area contributed by atoms with Gasteiger partial charge in [0.1, 0.15) is 0 Å². The smallest absolute Gasteiger partial charge is 0.0678 e. The number of rotatable bonds is 1. The van der Waals surface area contributed by atoms with Gasteiger partial charge in [-0.1, -0.05) is 12.2 Å². The molecule has 0 spiro atoms. The van der Waals surface area contributed by atoms with Gasteiger partial charge in [-0.15, -0.1) is 0 Å². The first-order chi connectivity index (χ1) is 7.56. The SMILES string of the molecule is CC1=CC(N2C[C@@H](C)O[C@@H](C)C2)CC=C1N. The minimum Gasteiger partial charge on any atom is -0.399 e. The fraction of sp³-hybridized carbons (Fsp3) is 0.692. The highest BCUT2D eigenvalue weighted by molar-refractivity contribution is 5.31. The molecule has 0 aromatic heterocycles. The zero-order valence-corrected chi connectivity index (χ0v) is 10.4. The third kappa shape index (κ3) is 2.47. The minimum atomic E-state index is 0.334. The van der Waals surface area contributed by atoms with Crippen LogP contribution in [0.25, 0.3) is 0 Å². The van der Waals surface area contributed by atoms with E-state index in [0.29, 0.717) is 18.2 Å². The molecule has 1 unspecified atom stereocenters. The standard InChI is InChI=1S/C13H22N2O/c1-9-6-12(4-5-13(9)14)15-7-10(2)16-11(3)8-15/h5-6,10-12H,4,7-8,14H2,1-3H3/t10-,11+,12?. The van der Waals surface area contributed by atoms with Gasteiger partial charge in [0.05, 0.1) is 12.2 Å². The Morgan fingerprint density at radius 1 is 1.31 bits per heavy atom. The third-order valence-corrected chi connectivity index (χ3v) is 3.39. The fourth-order valence-corrected chi connectivity index (χ4v) is 2.60. The summed E-state index contributed by atoms with van der Waals surface area (Å²) in [5.41, 5.74) is 8.02. The van der Waals surface area contributed by atoms with E-state index in [4.69, 9.17) is 10.5 Å². The molecule has 0 saturated carbocycles. The molecule has 2 rings (SSSR count). The lowest BCUT2D eigenvalue weighted by atomic mass is 9.98. The summed E-state index contributed by atoms with van der Waals surface area (Å²) < 4.78 is 5.75. The molecule has 1 fully saturated rings. The van der Waals surface area contributed by atoms with Crippen molar-refractivity contribution in [1.29, 1.82) is 0 Å². The van der Waals surface area contributed by atoms with Crippen molar-refractivity contribution < 1.29 is 4.74 Å². The van der Waals surface area contributed by atoms with Crippen LogP contribution >= 0.6 is 0 Å². The van der Waals surface area contributed by atoms with Gasteiger partial charge in [-0.25, -0.2) is 0 Å². The monoisotopic (exact) mass is 222 g/mol. The van der Waals surface area contributed by atoms with Gasteiger partial charge in [0.15, 0.2) is 0 Å². The van der Waals surface area contributed by atoms with Crippen LogP contribution in [-0.2, 0) is 4.74 Å². The molecular formula is C13H22N2O. The minimum absolute atomic E-state index is 0.334. The highest BCUT2D eigenvalue weighted by atomic mass is 16.5. The van der Waals surface area contributed by atoms with Gasteiger partial charge >= 0.3 is 0 Å². The molecule has 0 aromatic rings. The molecule has 1 aliphatic heterocycles. The molecule has 1 heterocycles. The van der Waals surface area contributed by atoms with E-state index in [9.17, 15) is 0 Å². The molecule has 90 valence electrons. The van der Waals surface area contributed by atoms with Crippen molar-refractivity contribution in [1.82, 2.24) is 4.90 Å². The highest BCUT2D eigenvalue weighted by Gasteiger charge is 2.27. The van der Waals surface area contributed by atoms with Crippen LogP contribution in [0.4, 0.5) is 0 Å². The van der Waals surface area contributed by atoms with Gasteiger partial charge in [-0.05, 0) is 32.8 Å². The Bertz CT molecular complexity index is 312. The van der Waals surface area contributed by atoms with Gasteiger partial charge in [0, 0.05) is 24.8 Å². The lowest BCUT2D eigenvalue weighted by Gasteiger charge is -2.40. The predicted octanol–water partition coefficient (Wildman–Crippen LogP) is 1.66. The molecule has 0 radical (unpaired) electrons. The summed E-state index contributed by atoms with van der Waals surface area (Å²) in [5.74, 6) is 0. The van der Waals surface area contributed by atoms with E-state index in [1.807, 2.05) is 0 Å². The Kier molecular flexibility index (Phi) is 3.36. The summed E-state index contributed by atoms with van der Waals surface area (Å²) in [6, 6.07) is 0.501. The lowest BCUT2D eigenvalue weighted by molar-refractivity contribution is -0.0751. The molecule has 3 atom stereocenters. The van der Waals surface area contributed by atoms with Crippen LogP contribution in [-0.4, -0.2) is 36.2 Å². The van der Waals surface area contributed by atoms with Gasteiger partial charge in [-0.3, -0.25) is 4.90 Å². The van der Waals surface area contributed by atoms with E-state index in [2.05, 4.69) is 37.8 Å². The molecule has 1 saturated heterocycles. The summed E-state index contributed by atoms with van der Waals surface area (Å²) in [6.45, 7) is 8.42. The van der Waals surface area contributed by atoms with Gasteiger partial charge in [0.2, 0.25) is 0 Å². The molecule has 3 heteroatoms. The summed E-state index contributed by atoms with van der Waals surface area (Å²) in [5, 5.41) is 0. The number of nitrogens with zero attached hydrogens (tertiary/aromatic N) is 1. The number of hydrogen-bond acceptors (Lipinski definition) is 3. The van der Waals surface area contributed by atoms with Crippen LogP contribution in [0.5, 0.6) is 0 Å². The summed E-state index contributed by atoms with van der Waals surface area (Å²) in [4.78, 5) is 2.51. The summed E-state index contributed by atoms with van der Waals surface area (Å²) in [7, 11) is 0. The van der Waals surface area contributed by atoms with Gasteiger partial charge in [0.25, 0.3) is 0 Å². The first kappa shape index (κ1) is 11.7. The molecule has 0 aromatic carbocycles. The molecule has 16 heavy (non-hydrogen) atoms. The lowest BCUT2D eigenvalue weighted by Crippen LogP contribution is -2.49. The average Bonchev–Trinajstić information content (AvgIpc) is 2.20. The van der Waals surface area contributed by atoms with Crippen molar-refractivity contribution in [2.24, 2.45) is 5.73 Å². The van der Waals surface area contributed by atoms with Crippen LogP contribution in [0.2, 0.25) is 0 Å². The number of ether oxygens (including phenoxy) is 1. The zero-order chi connectivity index (χ0) is 11.7. The first-order valence-corrected chi connectivity index (χ1v) is 6.10. The largest absolute Gasteiger partial charge is 0.399 e. The van der Waals surface area contributed by atoms with Crippen LogP contribution in [0.15, 0.2) is 23.4 Å². The zero-order valence-electron chi connectivity index (χ0n) is 10.4. The number of nitrogens with two attached hydrogens (primary N) is 1. The Balaban J connectivity index is 2.03. The Morgan fingerprint density at radius 2 is 1.94 bits per heavy atom. The van der Waals surface area contributed by atoms with Crippen molar-refractivity contribution in [2.75, 3.05) is 13.1 Å². The van der Waals surface area contributed by atoms with Crippen molar-refractivity contribution in [3.8, 4) is 0 Å². The topological polar surface area (TPSA) is 38.5 Å². The molecule has 3 nitrogen and oxygen atoms in total. The van der Waals surface area contributed by atoms with E-state index in [-0.39, 0.29) is 0 Å². The van der Waals surface area contributed by atoms with Crippen LogP contribution in [0.3, 0.4) is 0 Å². The second kappa shape index (κ2) is 4.60. The molecule has 2 aliphatic rings. The van der Waals surface area contributed by atoms with Gasteiger partial charge in [-0.2, -0.15) is 0 Å². The fourth-order valence-electron chi connectivity index (χ4n) is 2.60. The summed E-state index contributed by atoms with van der Waals surface area (Å²) >= 11 is 0.